The van der Waals surface area contributed by atoms with Gasteiger partial charge in [-0.15, -0.1) is 0 Å². The highest BCUT2D eigenvalue weighted by Gasteiger charge is 2.50. The highest BCUT2D eigenvalue weighted by molar-refractivity contribution is 6.18. The molecule has 1 atom stereocenters. The number of carbonyl (C=O) groups excluding carboxylic acids is 1. The van der Waals surface area contributed by atoms with Gasteiger partial charge in [-0.05, 0) is 53.5 Å². The summed E-state index contributed by atoms with van der Waals surface area (Å²) in [6, 6.07) is 7.71. The maximum Gasteiger partial charge on any atom is 0.198 e. The Kier molecular flexibility index (Phi) is 4.92. The molecule has 0 amide bonds. The fraction of sp³-hybridized carbons (Fsp3) is 0.308. The number of carbonyl (C=O) groups is 1. The lowest BCUT2D eigenvalue weighted by Gasteiger charge is -2.44. The molecular weight excluding hydrogens is 422 g/mol. The highest BCUT2D eigenvalue weighted by atomic mass is 16.5. The van der Waals surface area contributed by atoms with Gasteiger partial charge in [-0.1, -0.05) is 0 Å². The Morgan fingerprint density at radius 1 is 0.758 bits per heavy atom. The summed E-state index contributed by atoms with van der Waals surface area (Å²) in [6.45, 7) is 0. The molecule has 2 aromatic carbocycles. The van der Waals surface area contributed by atoms with Crippen LogP contribution in [0.15, 0.2) is 46.7 Å². The zero-order valence-electron chi connectivity index (χ0n) is 19.3. The predicted molar refractivity (Wildman–Crippen MR) is 124 cm³/mol. The first kappa shape index (κ1) is 21.1. The van der Waals surface area contributed by atoms with Crippen molar-refractivity contribution >= 4 is 23.3 Å². The van der Waals surface area contributed by atoms with Gasteiger partial charge in [0.1, 0.15) is 0 Å². The smallest absolute Gasteiger partial charge is 0.198 e. The molecule has 0 radical (unpaired) electrons. The van der Waals surface area contributed by atoms with Crippen LogP contribution in [0.2, 0.25) is 0 Å². The molecule has 1 spiro atoms. The van der Waals surface area contributed by atoms with E-state index in [1.165, 1.54) is 7.11 Å². The third-order valence-electron chi connectivity index (χ3n) is 6.68. The second-order valence-corrected chi connectivity index (χ2v) is 8.26. The minimum Gasteiger partial charge on any atom is -0.493 e. The standard InChI is InChI=1S/C26H25NO6/c1-29-20-9-16-6-14-7-21(30-2)23(32-4)10-17(14)25-26(16,13-19(20)28)12-15-8-22(31-3)24(33-5)11-18(15)27-25/h6-11H,12-13H2,1-5H3. The fourth-order valence-electron chi connectivity index (χ4n) is 5.06. The summed E-state index contributed by atoms with van der Waals surface area (Å²) < 4.78 is 27.5. The van der Waals surface area contributed by atoms with E-state index in [4.69, 9.17) is 28.7 Å². The van der Waals surface area contributed by atoms with Crippen molar-refractivity contribution in [3.63, 3.8) is 0 Å². The second-order valence-electron chi connectivity index (χ2n) is 8.26. The molecule has 0 N–H and O–H groups in total. The molecule has 7 heteroatoms. The van der Waals surface area contributed by atoms with Crippen molar-refractivity contribution in [2.24, 2.45) is 10.4 Å². The fourth-order valence-corrected chi connectivity index (χ4v) is 5.06. The van der Waals surface area contributed by atoms with E-state index in [9.17, 15) is 4.79 Å². The van der Waals surface area contributed by atoms with Crippen LogP contribution in [0.3, 0.4) is 0 Å². The van der Waals surface area contributed by atoms with E-state index < -0.39 is 5.41 Å². The van der Waals surface area contributed by atoms with Crippen molar-refractivity contribution < 1.29 is 28.5 Å². The summed E-state index contributed by atoms with van der Waals surface area (Å²) >= 11 is 0. The molecule has 2 aliphatic carbocycles. The van der Waals surface area contributed by atoms with Gasteiger partial charge in [0, 0.05) is 23.5 Å². The Balaban J connectivity index is 1.82. The van der Waals surface area contributed by atoms with E-state index in [1.807, 2.05) is 30.3 Å². The van der Waals surface area contributed by atoms with Crippen molar-refractivity contribution in [1.29, 1.82) is 0 Å². The van der Waals surface area contributed by atoms with Crippen LogP contribution in [0.4, 0.5) is 5.69 Å². The van der Waals surface area contributed by atoms with Crippen LogP contribution in [-0.2, 0) is 16.0 Å². The van der Waals surface area contributed by atoms with Gasteiger partial charge in [0.2, 0.25) is 0 Å². The SMILES string of the molecule is COC1=CC2=Cc3cc(OC)c(OC)cc3C3=Nc4cc(OC)c(OC)cc4CC23CC1=O. The molecular formula is C26H25NO6. The molecule has 2 aromatic rings. The van der Waals surface area contributed by atoms with Gasteiger partial charge < -0.3 is 23.7 Å². The Hall–Kier alpha value is -3.74. The van der Waals surface area contributed by atoms with Gasteiger partial charge >= 0.3 is 0 Å². The van der Waals surface area contributed by atoms with Crippen molar-refractivity contribution in [2.45, 2.75) is 12.8 Å². The normalized spacial score (nSPS) is 20.2. The number of benzene rings is 2. The molecule has 0 saturated heterocycles. The Morgan fingerprint density at radius 2 is 1.39 bits per heavy atom. The summed E-state index contributed by atoms with van der Waals surface area (Å²) in [5.74, 6) is 2.79. The average Bonchev–Trinajstić information content (AvgIpc) is 2.84. The molecule has 7 nitrogen and oxygen atoms in total. The number of ether oxygens (including phenoxy) is 5. The van der Waals surface area contributed by atoms with Crippen molar-refractivity contribution in [3.05, 3.63) is 58.4 Å². The van der Waals surface area contributed by atoms with Gasteiger partial charge in [-0.25, -0.2) is 0 Å². The third-order valence-corrected chi connectivity index (χ3v) is 6.68. The lowest BCUT2D eigenvalue weighted by Crippen LogP contribution is -2.44. The summed E-state index contributed by atoms with van der Waals surface area (Å²) in [7, 11) is 7.96. The Labute approximate surface area is 192 Å². The van der Waals surface area contributed by atoms with Gasteiger partial charge in [0.05, 0.1) is 46.9 Å². The van der Waals surface area contributed by atoms with Crippen LogP contribution in [-0.4, -0.2) is 47.0 Å². The van der Waals surface area contributed by atoms with Gasteiger partial charge in [-0.3, -0.25) is 9.79 Å². The molecule has 3 aliphatic rings. The molecule has 1 heterocycles. The molecule has 0 fully saturated rings. The highest BCUT2D eigenvalue weighted by Crippen LogP contribution is 2.54. The Bertz CT molecular complexity index is 1270. The van der Waals surface area contributed by atoms with Crippen molar-refractivity contribution in [3.8, 4) is 23.0 Å². The zero-order chi connectivity index (χ0) is 23.3. The van der Waals surface area contributed by atoms with Gasteiger partial charge in [-0.2, -0.15) is 0 Å². The number of hydrogen-bond donors (Lipinski definition) is 0. The summed E-state index contributed by atoms with van der Waals surface area (Å²) in [5, 5.41) is 0. The Morgan fingerprint density at radius 3 is 2.06 bits per heavy atom. The molecule has 0 bridgehead atoms. The van der Waals surface area contributed by atoms with Crippen LogP contribution in [0.1, 0.15) is 23.1 Å². The third kappa shape index (κ3) is 3.03. The zero-order valence-corrected chi connectivity index (χ0v) is 19.3. The van der Waals surface area contributed by atoms with Crippen LogP contribution in [0, 0.1) is 5.41 Å². The van der Waals surface area contributed by atoms with E-state index in [0.717, 1.165) is 33.7 Å². The first-order chi connectivity index (χ1) is 16.0. The quantitative estimate of drug-likeness (QED) is 0.681. The average molecular weight is 447 g/mol. The minimum atomic E-state index is -0.613. The maximum absolute atomic E-state index is 13.0. The van der Waals surface area contributed by atoms with Crippen LogP contribution in [0.5, 0.6) is 23.0 Å². The molecule has 170 valence electrons. The maximum atomic E-state index is 13.0. The first-order valence-electron chi connectivity index (χ1n) is 10.6. The number of methoxy groups -OCH3 is 5. The van der Waals surface area contributed by atoms with E-state index in [1.54, 1.807) is 28.4 Å². The van der Waals surface area contributed by atoms with Gasteiger partial charge in [0.25, 0.3) is 0 Å². The molecule has 33 heavy (non-hydrogen) atoms. The van der Waals surface area contributed by atoms with E-state index in [-0.39, 0.29) is 12.2 Å². The lowest BCUT2D eigenvalue weighted by atomic mass is 9.60. The number of fused-ring (bicyclic) bond motifs is 3. The lowest BCUT2D eigenvalue weighted by molar-refractivity contribution is -0.120. The van der Waals surface area contributed by atoms with E-state index in [0.29, 0.717) is 35.2 Å². The molecule has 0 saturated carbocycles. The van der Waals surface area contributed by atoms with E-state index in [2.05, 4.69) is 6.08 Å². The number of allylic oxidation sites excluding steroid dienone is 3. The van der Waals surface area contributed by atoms with Crippen molar-refractivity contribution in [1.82, 2.24) is 0 Å². The van der Waals surface area contributed by atoms with Crippen LogP contribution in [0.25, 0.3) is 6.08 Å². The number of rotatable bonds is 5. The second kappa shape index (κ2) is 7.69. The summed E-state index contributed by atoms with van der Waals surface area (Å²) in [4.78, 5) is 18.1. The number of ketones is 1. The topological polar surface area (TPSA) is 75.6 Å². The first-order valence-corrected chi connectivity index (χ1v) is 10.6. The van der Waals surface area contributed by atoms with E-state index >= 15 is 0 Å². The van der Waals surface area contributed by atoms with Crippen molar-refractivity contribution in [2.75, 3.05) is 35.5 Å². The number of hydrogen-bond acceptors (Lipinski definition) is 7. The van der Waals surface area contributed by atoms with Gasteiger partial charge in [0.15, 0.2) is 34.5 Å². The monoisotopic (exact) mass is 447 g/mol. The van der Waals surface area contributed by atoms with Crippen LogP contribution >= 0.6 is 0 Å². The minimum absolute atomic E-state index is 0.0461. The number of Topliss-reactive ketones (excluding diaryl/α,β-unsaturated/α-hetero) is 1. The molecule has 1 aliphatic heterocycles. The largest absolute Gasteiger partial charge is 0.493 e. The van der Waals surface area contributed by atoms with Crippen LogP contribution < -0.4 is 18.9 Å². The summed E-state index contributed by atoms with van der Waals surface area (Å²) in [6.07, 6.45) is 4.79. The molecule has 0 aromatic heterocycles. The predicted octanol–water partition coefficient (Wildman–Crippen LogP) is 4.28. The molecule has 1 unspecified atom stereocenters. The number of aliphatic imine (C=N–C) groups is 1. The molecule has 5 rings (SSSR count). The number of nitrogens with zero attached hydrogens (tertiary/aromatic N) is 1. The summed E-state index contributed by atoms with van der Waals surface area (Å²) in [5.41, 5.74) is 4.85.